The molecule has 1 aliphatic heterocycles. The zero-order valence-corrected chi connectivity index (χ0v) is 20.6. The van der Waals surface area contributed by atoms with Crippen LogP contribution in [0.3, 0.4) is 0 Å². The SMILES string of the molecule is CC(=O)NS(=O)(=O)N1CCC(CN(C)C)CC1c1c(C(C)C)cc(C#N)cc1C(C)C. The molecule has 1 aliphatic rings. The second kappa shape index (κ2) is 10.1. The van der Waals surface area contributed by atoms with Crippen molar-refractivity contribution in [1.29, 1.82) is 5.26 Å². The Labute approximate surface area is 187 Å². The first-order chi connectivity index (χ1) is 14.4. The molecule has 1 N–H and O–H groups in total. The summed E-state index contributed by atoms with van der Waals surface area (Å²) in [6.07, 6.45) is 1.40. The number of carbonyl (C=O) groups excluding carboxylic acids is 1. The minimum absolute atomic E-state index is 0.125. The van der Waals surface area contributed by atoms with Crippen LogP contribution in [0.25, 0.3) is 0 Å². The van der Waals surface area contributed by atoms with Crippen LogP contribution in [0.2, 0.25) is 0 Å². The van der Waals surface area contributed by atoms with Crippen molar-refractivity contribution in [2.24, 2.45) is 5.92 Å². The highest BCUT2D eigenvalue weighted by Crippen LogP contribution is 2.43. The Morgan fingerprint density at radius 3 is 2.19 bits per heavy atom. The van der Waals surface area contributed by atoms with E-state index in [1.54, 1.807) is 0 Å². The van der Waals surface area contributed by atoms with Gasteiger partial charge in [0.25, 0.3) is 0 Å². The normalized spacial score (nSPS) is 20.3. The van der Waals surface area contributed by atoms with Gasteiger partial charge in [0.15, 0.2) is 0 Å². The molecule has 2 unspecified atom stereocenters. The van der Waals surface area contributed by atoms with Crippen LogP contribution in [-0.4, -0.2) is 50.7 Å². The molecule has 0 saturated carbocycles. The van der Waals surface area contributed by atoms with Gasteiger partial charge in [0.1, 0.15) is 0 Å². The average molecular weight is 449 g/mol. The minimum atomic E-state index is -3.98. The quantitative estimate of drug-likeness (QED) is 0.689. The van der Waals surface area contributed by atoms with Crippen molar-refractivity contribution in [2.45, 2.75) is 65.3 Å². The summed E-state index contributed by atoms with van der Waals surface area (Å²) in [4.78, 5) is 13.8. The highest BCUT2D eigenvalue weighted by molar-refractivity contribution is 7.87. The lowest BCUT2D eigenvalue weighted by molar-refractivity contribution is -0.117. The standard InChI is InChI=1S/C23H36N4O3S/c1-15(2)20-10-19(13-24)11-21(16(3)4)23(20)22-12-18(14-26(6)7)8-9-27(22)31(29,30)25-17(5)28/h10-11,15-16,18,22H,8-9,12,14H2,1-7H3,(H,25,28). The topological polar surface area (TPSA) is 93.5 Å². The van der Waals surface area contributed by atoms with Crippen molar-refractivity contribution >= 4 is 16.1 Å². The van der Waals surface area contributed by atoms with Gasteiger partial charge in [-0.3, -0.25) is 4.79 Å². The number of hydrogen-bond donors (Lipinski definition) is 1. The first kappa shape index (κ1) is 25.3. The van der Waals surface area contributed by atoms with Crippen LogP contribution in [0.15, 0.2) is 12.1 Å². The van der Waals surface area contributed by atoms with Crippen molar-refractivity contribution in [2.75, 3.05) is 27.2 Å². The third-order valence-corrected chi connectivity index (χ3v) is 7.42. The molecule has 1 fully saturated rings. The fourth-order valence-corrected chi connectivity index (χ4v) is 5.95. The van der Waals surface area contributed by atoms with Crippen molar-refractivity contribution in [3.05, 3.63) is 34.4 Å². The molecule has 2 atom stereocenters. The molecule has 1 aromatic rings. The first-order valence-electron chi connectivity index (χ1n) is 10.9. The van der Waals surface area contributed by atoms with Crippen molar-refractivity contribution in [1.82, 2.24) is 13.9 Å². The maximum atomic E-state index is 13.1. The molecule has 0 radical (unpaired) electrons. The molecule has 31 heavy (non-hydrogen) atoms. The summed E-state index contributed by atoms with van der Waals surface area (Å²) in [5, 5.41) is 9.56. The summed E-state index contributed by atoms with van der Waals surface area (Å²) in [5.41, 5.74) is 3.58. The Bertz CT molecular complexity index is 919. The van der Waals surface area contributed by atoms with Gasteiger partial charge in [-0.25, -0.2) is 4.72 Å². The van der Waals surface area contributed by atoms with Gasteiger partial charge in [-0.1, -0.05) is 27.7 Å². The van der Waals surface area contributed by atoms with Gasteiger partial charge in [-0.2, -0.15) is 18.0 Å². The predicted octanol–water partition coefficient (Wildman–Crippen LogP) is 3.50. The molecular formula is C23H36N4O3S. The van der Waals surface area contributed by atoms with Gasteiger partial charge < -0.3 is 4.90 Å². The highest BCUT2D eigenvalue weighted by atomic mass is 32.2. The molecule has 1 aromatic carbocycles. The summed E-state index contributed by atoms with van der Waals surface area (Å²) in [6.45, 7) is 10.7. The van der Waals surface area contributed by atoms with Crippen LogP contribution in [-0.2, 0) is 15.0 Å². The molecular weight excluding hydrogens is 412 g/mol. The lowest BCUT2D eigenvalue weighted by atomic mass is 9.79. The maximum Gasteiger partial charge on any atom is 0.304 e. The van der Waals surface area contributed by atoms with Gasteiger partial charge in [-0.15, -0.1) is 0 Å². The van der Waals surface area contributed by atoms with E-state index in [1.807, 2.05) is 26.2 Å². The highest BCUT2D eigenvalue weighted by Gasteiger charge is 2.40. The maximum absolute atomic E-state index is 13.1. The van der Waals surface area contributed by atoms with Gasteiger partial charge in [0, 0.05) is 20.0 Å². The van der Waals surface area contributed by atoms with Gasteiger partial charge >= 0.3 is 10.2 Å². The average Bonchev–Trinajstić information content (AvgIpc) is 2.65. The molecule has 7 nitrogen and oxygen atoms in total. The van der Waals surface area contributed by atoms with Crippen molar-refractivity contribution in [3.63, 3.8) is 0 Å². The molecule has 1 saturated heterocycles. The summed E-state index contributed by atoms with van der Waals surface area (Å²) >= 11 is 0. The van der Waals surface area contributed by atoms with Crippen molar-refractivity contribution in [3.8, 4) is 6.07 Å². The molecule has 0 aromatic heterocycles. The van der Waals surface area contributed by atoms with E-state index in [4.69, 9.17) is 0 Å². The number of amides is 1. The zero-order valence-electron chi connectivity index (χ0n) is 19.8. The lowest BCUT2D eigenvalue weighted by Gasteiger charge is -2.41. The second-order valence-electron chi connectivity index (χ2n) is 9.43. The minimum Gasteiger partial charge on any atom is -0.309 e. The van der Waals surface area contributed by atoms with E-state index < -0.39 is 22.2 Å². The Kier molecular flexibility index (Phi) is 8.26. The number of nitrogens with zero attached hydrogens (tertiary/aromatic N) is 3. The summed E-state index contributed by atoms with van der Waals surface area (Å²) in [6, 6.07) is 5.65. The first-order valence-corrected chi connectivity index (χ1v) is 12.3. The van der Waals surface area contributed by atoms with Gasteiger partial charge in [0.05, 0.1) is 17.7 Å². The largest absolute Gasteiger partial charge is 0.309 e. The predicted molar refractivity (Wildman–Crippen MR) is 123 cm³/mol. The smallest absolute Gasteiger partial charge is 0.304 e. The third-order valence-electron chi connectivity index (χ3n) is 5.82. The van der Waals surface area contributed by atoms with E-state index in [0.717, 1.165) is 29.7 Å². The molecule has 0 spiro atoms. The van der Waals surface area contributed by atoms with Crippen LogP contribution in [0.1, 0.15) is 87.6 Å². The summed E-state index contributed by atoms with van der Waals surface area (Å²) in [7, 11) is 0.0709. The molecule has 172 valence electrons. The molecule has 1 amide bonds. The molecule has 8 heteroatoms. The van der Waals surface area contributed by atoms with E-state index in [2.05, 4.69) is 43.4 Å². The van der Waals surface area contributed by atoms with E-state index in [0.29, 0.717) is 24.4 Å². The zero-order chi connectivity index (χ0) is 23.5. The van der Waals surface area contributed by atoms with Gasteiger partial charge in [0.2, 0.25) is 5.91 Å². The number of carbonyl (C=O) groups is 1. The summed E-state index contributed by atoms with van der Waals surface area (Å²) in [5.74, 6) is -0.0118. The number of piperidine rings is 1. The monoisotopic (exact) mass is 448 g/mol. The van der Waals surface area contributed by atoms with Crippen molar-refractivity contribution < 1.29 is 13.2 Å². The van der Waals surface area contributed by atoms with E-state index in [1.165, 1.54) is 11.2 Å². The number of hydrogen-bond acceptors (Lipinski definition) is 5. The van der Waals surface area contributed by atoms with E-state index >= 15 is 0 Å². The molecule has 2 rings (SSSR count). The van der Waals surface area contributed by atoms with E-state index in [9.17, 15) is 18.5 Å². The Morgan fingerprint density at radius 1 is 1.23 bits per heavy atom. The molecule has 1 heterocycles. The third kappa shape index (κ3) is 6.06. The van der Waals surface area contributed by atoms with Crippen LogP contribution in [0, 0.1) is 17.2 Å². The molecule has 0 aliphatic carbocycles. The summed E-state index contributed by atoms with van der Waals surface area (Å²) < 4.78 is 29.9. The number of nitriles is 1. The van der Waals surface area contributed by atoms with Crippen LogP contribution < -0.4 is 4.72 Å². The number of rotatable bonds is 7. The fourth-order valence-electron chi connectivity index (χ4n) is 4.59. The van der Waals surface area contributed by atoms with Gasteiger partial charge in [-0.05, 0) is 73.5 Å². The van der Waals surface area contributed by atoms with Crippen LogP contribution in [0.5, 0.6) is 0 Å². The Hall–Kier alpha value is -1.95. The number of benzene rings is 1. The Morgan fingerprint density at radius 2 is 1.77 bits per heavy atom. The molecule has 0 bridgehead atoms. The lowest BCUT2D eigenvalue weighted by Crippen LogP contribution is -2.49. The van der Waals surface area contributed by atoms with Crippen LogP contribution in [0.4, 0.5) is 0 Å². The van der Waals surface area contributed by atoms with Crippen LogP contribution >= 0.6 is 0 Å². The number of nitrogens with one attached hydrogen (secondary N) is 1. The second-order valence-corrected chi connectivity index (χ2v) is 11.1. The Balaban J connectivity index is 2.72. The fraction of sp³-hybridized carbons (Fsp3) is 0.652. The van der Waals surface area contributed by atoms with E-state index in [-0.39, 0.29) is 11.8 Å².